The fraction of sp³-hybridized carbons (Fsp3) is 0.714. The Balaban J connectivity index is -0.0000000406. The summed E-state index contributed by atoms with van der Waals surface area (Å²) in [4.78, 5) is 12.1. The van der Waals surface area contributed by atoms with Crippen molar-refractivity contribution in [3.05, 3.63) is 6.92 Å². The van der Waals surface area contributed by atoms with Gasteiger partial charge in [0.2, 0.25) is 6.08 Å². The van der Waals surface area contributed by atoms with Crippen molar-refractivity contribution in [2.24, 2.45) is 4.99 Å². The molecule has 0 bridgehead atoms. The van der Waals surface area contributed by atoms with Gasteiger partial charge >= 0.3 is 0 Å². The van der Waals surface area contributed by atoms with Crippen LogP contribution in [0.15, 0.2) is 4.99 Å². The summed E-state index contributed by atoms with van der Waals surface area (Å²) < 4.78 is 0. The zero-order chi connectivity index (χ0) is 9.54. The quantitative estimate of drug-likeness (QED) is 0.280. The van der Waals surface area contributed by atoms with Gasteiger partial charge in [-0.3, -0.25) is 0 Å². The second kappa shape index (κ2) is 43.9. The van der Waals surface area contributed by atoms with Crippen LogP contribution in [0.25, 0.3) is 0 Å². The van der Waals surface area contributed by atoms with Gasteiger partial charge in [0.15, 0.2) is 0 Å². The molecular weight excluding hydrogens is 194 g/mol. The third-order valence-corrected chi connectivity index (χ3v) is 0.176. The summed E-state index contributed by atoms with van der Waals surface area (Å²) in [6.07, 6.45) is 1.33. The van der Waals surface area contributed by atoms with E-state index in [1.807, 2.05) is 0 Å². The van der Waals surface area contributed by atoms with Crippen LogP contribution in [0, 0.1) is 6.92 Å². The second-order valence-corrected chi connectivity index (χ2v) is 1.11. The van der Waals surface area contributed by atoms with E-state index in [9.17, 15) is 0 Å². The van der Waals surface area contributed by atoms with Gasteiger partial charge < -0.3 is 17.1 Å². The van der Waals surface area contributed by atoms with E-state index in [0.29, 0.717) is 6.54 Å². The maximum Gasteiger partial charge on any atom is 0.232 e. The van der Waals surface area contributed by atoms with Crippen molar-refractivity contribution >= 4 is 6.08 Å². The molecule has 0 aromatic carbocycles. The minimum absolute atomic E-state index is 0. The molecule has 4 nitrogen and oxygen atoms in total. The maximum atomic E-state index is 9.07. The van der Waals surface area contributed by atoms with E-state index in [4.69, 9.17) is 15.0 Å². The Hall–Kier alpha value is 0.0143. The molecule has 0 saturated carbocycles. The number of hydrogen-bond donors (Lipinski definition) is 2. The summed E-state index contributed by atoms with van der Waals surface area (Å²) in [5.41, 5.74) is 0. The van der Waals surface area contributed by atoms with Gasteiger partial charge in [-0.05, 0) is 13.8 Å². The SMILES string of the molecule is CCO.CCO.[CH2-]CN=C=O.[Ti]. The molecular formula is C7H16NO3Ti-. The van der Waals surface area contributed by atoms with Gasteiger partial charge in [0.25, 0.3) is 0 Å². The molecule has 0 heterocycles. The first kappa shape index (κ1) is 22.7. The maximum absolute atomic E-state index is 9.07. The van der Waals surface area contributed by atoms with E-state index in [0.717, 1.165) is 0 Å². The van der Waals surface area contributed by atoms with Crippen LogP contribution in [-0.4, -0.2) is 36.1 Å². The predicted octanol–water partition coefficient (Wildman–Crippen LogP) is 0.151. The van der Waals surface area contributed by atoms with Gasteiger partial charge in [-0.2, -0.15) is 0 Å². The molecule has 0 unspecified atom stereocenters. The molecule has 0 aliphatic heterocycles. The molecule has 0 aliphatic carbocycles. The Morgan fingerprint density at radius 1 is 1.33 bits per heavy atom. The number of hydrogen-bond acceptors (Lipinski definition) is 4. The van der Waals surface area contributed by atoms with Gasteiger partial charge in [0, 0.05) is 34.9 Å². The van der Waals surface area contributed by atoms with Crippen LogP contribution in [-0.2, 0) is 26.5 Å². The fourth-order valence-corrected chi connectivity index (χ4v) is 0.0456. The van der Waals surface area contributed by atoms with Crippen molar-refractivity contribution < 1.29 is 36.7 Å². The Kier molecular flexibility index (Phi) is 83.1. The molecule has 0 saturated heterocycles. The average Bonchev–Trinajstić information content (AvgIpc) is 1.92. The van der Waals surface area contributed by atoms with Gasteiger partial charge in [-0.15, -0.1) is 0 Å². The molecule has 0 amide bonds. The van der Waals surface area contributed by atoms with Crippen molar-refractivity contribution in [3.8, 4) is 0 Å². The van der Waals surface area contributed by atoms with Crippen molar-refractivity contribution in [1.82, 2.24) is 0 Å². The number of rotatable bonds is 1. The molecule has 0 aliphatic rings. The number of aliphatic hydroxyl groups is 2. The summed E-state index contributed by atoms with van der Waals surface area (Å²) in [6.45, 7) is 7.40. The second-order valence-electron chi connectivity index (χ2n) is 1.11. The minimum Gasteiger partial charge on any atom is -0.397 e. The average molecular weight is 210 g/mol. The van der Waals surface area contributed by atoms with E-state index >= 15 is 0 Å². The van der Waals surface area contributed by atoms with Crippen LogP contribution in [0.1, 0.15) is 13.8 Å². The van der Waals surface area contributed by atoms with Gasteiger partial charge in [0.05, 0.1) is 0 Å². The van der Waals surface area contributed by atoms with E-state index in [2.05, 4.69) is 11.9 Å². The number of nitrogens with zero attached hydrogens (tertiary/aromatic N) is 1. The predicted molar refractivity (Wildman–Crippen MR) is 43.9 cm³/mol. The summed E-state index contributed by atoms with van der Waals surface area (Å²) in [6, 6.07) is 0. The zero-order valence-electron chi connectivity index (χ0n) is 7.58. The van der Waals surface area contributed by atoms with E-state index in [-0.39, 0.29) is 34.9 Å². The number of carbonyl (C=O) groups excluding carboxylic acids is 1. The number of isocyanates is 1. The molecule has 72 valence electrons. The van der Waals surface area contributed by atoms with Gasteiger partial charge in [0.1, 0.15) is 0 Å². The summed E-state index contributed by atoms with van der Waals surface area (Å²) in [5, 5.41) is 15.1. The van der Waals surface area contributed by atoms with E-state index in [1.165, 1.54) is 6.08 Å². The molecule has 0 radical (unpaired) electrons. The molecule has 0 aromatic rings. The smallest absolute Gasteiger partial charge is 0.232 e. The van der Waals surface area contributed by atoms with E-state index < -0.39 is 0 Å². The first-order valence-electron chi connectivity index (χ1n) is 3.29. The topological polar surface area (TPSA) is 69.9 Å². The van der Waals surface area contributed by atoms with Crippen molar-refractivity contribution in [3.63, 3.8) is 0 Å². The Morgan fingerprint density at radius 2 is 1.58 bits per heavy atom. The van der Waals surface area contributed by atoms with Crippen LogP contribution < -0.4 is 0 Å². The third-order valence-electron chi connectivity index (χ3n) is 0.176. The molecule has 0 aromatic heterocycles. The van der Waals surface area contributed by atoms with Crippen molar-refractivity contribution in [2.75, 3.05) is 19.8 Å². The zero-order valence-corrected chi connectivity index (χ0v) is 9.14. The van der Waals surface area contributed by atoms with Crippen LogP contribution >= 0.6 is 0 Å². The molecule has 0 spiro atoms. The fourth-order valence-electron chi connectivity index (χ4n) is 0.0456. The number of aliphatic imine (C=N–C) groups is 1. The van der Waals surface area contributed by atoms with Crippen LogP contribution in [0.2, 0.25) is 0 Å². The monoisotopic (exact) mass is 210 g/mol. The summed E-state index contributed by atoms with van der Waals surface area (Å²) >= 11 is 0. The largest absolute Gasteiger partial charge is 0.397 e. The standard InChI is InChI=1S/C3H4NO.2C2H6O.Ti/c1-2-4-3-5;2*1-2-3;/h1-2H2;2*3H,2H2,1H3;/q-1;;;. The first-order valence-corrected chi connectivity index (χ1v) is 3.29. The first-order chi connectivity index (χ1) is 5.24. The van der Waals surface area contributed by atoms with Crippen molar-refractivity contribution in [1.29, 1.82) is 0 Å². The van der Waals surface area contributed by atoms with Gasteiger partial charge in [-0.25, -0.2) is 9.79 Å². The molecule has 12 heavy (non-hydrogen) atoms. The van der Waals surface area contributed by atoms with Crippen LogP contribution in [0.4, 0.5) is 0 Å². The molecule has 0 rings (SSSR count). The molecule has 2 N–H and O–H groups in total. The third kappa shape index (κ3) is 201. The Bertz CT molecular complexity index is 82.7. The normalized spacial score (nSPS) is 5.42. The van der Waals surface area contributed by atoms with E-state index in [1.54, 1.807) is 13.8 Å². The van der Waals surface area contributed by atoms with Crippen molar-refractivity contribution in [2.45, 2.75) is 13.8 Å². The van der Waals surface area contributed by atoms with Gasteiger partial charge in [-0.1, -0.05) is 6.54 Å². The molecule has 0 atom stereocenters. The summed E-state index contributed by atoms with van der Waals surface area (Å²) in [7, 11) is 0. The van der Waals surface area contributed by atoms with Crippen LogP contribution in [0.3, 0.4) is 0 Å². The Morgan fingerprint density at radius 3 is 1.58 bits per heavy atom. The minimum atomic E-state index is 0. The summed E-state index contributed by atoms with van der Waals surface area (Å²) in [5.74, 6) is 0. The molecule has 0 fully saturated rings. The Labute approximate surface area is 88.6 Å². The number of aliphatic hydroxyl groups excluding tert-OH is 2. The molecule has 5 heteroatoms. The van der Waals surface area contributed by atoms with Crippen LogP contribution in [0.5, 0.6) is 0 Å².